The third-order valence-corrected chi connectivity index (χ3v) is 2.71. The molecule has 17 heavy (non-hydrogen) atoms. The Bertz CT molecular complexity index is 311. The van der Waals surface area contributed by atoms with E-state index in [9.17, 15) is 0 Å². The van der Waals surface area contributed by atoms with Crippen molar-refractivity contribution in [3.05, 3.63) is 24.3 Å². The van der Waals surface area contributed by atoms with Crippen LogP contribution in [-0.2, 0) is 0 Å². The van der Waals surface area contributed by atoms with Crippen LogP contribution in [0.25, 0.3) is 0 Å². The lowest BCUT2D eigenvalue weighted by molar-refractivity contribution is 0.208. The van der Waals surface area contributed by atoms with Gasteiger partial charge in [0.15, 0.2) is 0 Å². The van der Waals surface area contributed by atoms with E-state index in [4.69, 9.17) is 9.47 Å². The Balaban J connectivity index is 0.000000686. The first kappa shape index (κ1) is 13.8. The summed E-state index contributed by atoms with van der Waals surface area (Å²) < 4.78 is 10.9. The zero-order valence-electron chi connectivity index (χ0n) is 11.3. The molecule has 2 rings (SSSR count). The Morgan fingerprint density at radius 3 is 2.18 bits per heavy atom. The first-order valence-electron chi connectivity index (χ1n) is 6.27. The molecule has 1 unspecified atom stereocenters. The standard InChI is InChI=1S/C12H17NO2.C2H6/c1-13-8-7-12(9-13)15-11-5-3-10(14-2)4-6-11;1-2/h3-6,12H,7-9H2,1-2H3;1-2H3. The Kier molecular flexibility index (Phi) is 5.84. The second-order valence-electron chi connectivity index (χ2n) is 3.97. The van der Waals surface area contributed by atoms with Gasteiger partial charge < -0.3 is 14.4 Å². The van der Waals surface area contributed by atoms with Crippen molar-refractivity contribution in [2.75, 3.05) is 27.2 Å². The molecule has 1 aliphatic heterocycles. The maximum atomic E-state index is 5.85. The molecule has 0 aliphatic carbocycles. The van der Waals surface area contributed by atoms with Crippen LogP contribution in [0.15, 0.2) is 24.3 Å². The summed E-state index contributed by atoms with van der Waals surface area (Å²) in [4.78, 5) is 2.29. The number of ether oxygens (including phenoxy) is 2. The quantitative estimate of drug-likeness (QED) is 0.807. The van der Waals surface area contributed by atoms with Crippen LogP contribution in [0.2, 0.25) is 0 Å². The summed E-state index contributed by atoms with van der Waals surface area (Å²) in [6.07, 6.45) is 1.45. The van der Waals surface area contributed by atoms with Crippen LogP contribution >= 0.6 is 0 Å². The van der Waals surface area contributed by atoms with Gasteiger partial charge in [-0.15, -0.1) is 0 Å². The highest BCUT2D eigenvalue weighted by molar-refractivity contribution is 5.31. The van der Waals surface area contributed by atoms with Crippen LogP contribution in [-0.4, -0.2) is 38.3 Å². The van der Waals surface area contributed by atoms with Crippen molar-refractivity contribution in [2.24, 2.45) is 0 Å². The molecule has 3 heteroatoms. The molecule has 0 aromatic heterocycles. The summed E-state index contributed by atoms with van der Waals surface area (Å²) >= 11 is 0. The van der Waals surface area contributed by atoms with Gasteiger partial charge in [-0.3, -0.25) is 0 Å². The van der Waals surface area contributed by atoms with Crippen LogP contribution in [0, 0.1) is 0 Å². The maximum Gasteiger partial charge on any atom is 0.120 e. The zero-order valence-corrected chi connectivity index (χ0v) is 11.3. The third-order valence-electron chi connectivity index (χ3n) is 2.71. The fourth-order valence-electron chi connectivity index (χ4n) is 1.84. The number of nitrogens with zero attached hydrogens (tertiary/aromatic N) is 1. The number of likely N-dealkylation sites (N-methyl/N-ethyl adjacent to an activating group) is 1. The maximum absolute atomic E-state index is 5.85. The summed E-state index contributed by atoms with van der Waals surface area (Å²) in [7, 11) is 3.79. The number of likely N-dealkylation sites (tertiary alicyclic amines) is 1. The van der Waals surface area contributed by atoms with Gasteiger partial charge in [0.1, 0.15) is 17.6 Å². The average Bonchev–Trinajstić information content (AvgIpc) is 2.78. The Labute approximate surface area is 104 Å². The minimum Gasteiger partial charge on any atom is -0.497 e. The van der Waals surface area contributed by atoms with Gasteiger partial charge in [0.25, 0.3) is 0 Å². The van der Waals surface area contributed by atoms with E-state index in [0.717, 1.165) is 31.0 Å². The normalized spacial score (nSPS) is 19.4. The van der Waals surface area contributed by atoms with E-state index in [0.29, 0.717) is 6.10 Å². The molecule has 1 aromatic rings. The van der Waals surface area contributed by atoms with Gasteiger partial charge in [0.2, 0.25) is 0 Å². The van der Waals surface area contributed by atoms with Gasteiger partial charge in [-0.1, -0.05) is 13.8 Å². The molecular formula is C14H23NO2. The number of hydrogen-bond acceptors (Lipinski definition) is 3. The first-order valence-corrected chi connectivity index (χ1v) is 6.27. The second kappa shape index (κ2) is 7.17. The van der Waals surface area contributed by atoms with Crippen LogP contribution in [0.3, 0.4) is 0 Å². The lowest BCUT2D eigenvalue weighted by Crippen LogP contribution is -2.21. The predicted molar refractivity (Wildman–Crippen MR) is 70.9 cm³/mol. The van der Waals surface area contributed by atoms with Crippen molar-refractivity contribution in [1.29, 1.82) is 0 Å². The molecule has 0 bridgehead atoms. The molecule has 1 fully saturated rings. The Morgan fingerprint density at radius 2 is 1.71 bits per heavy atom. The van der Waals surface area contributed by atoms with Crippen molar-refractivity contribution in [1.82, 2.24) is 4.90 Å². The van der Waals surface area contributed by atoms with Crippen molar-refractivity contribution in [2.45, 2.75) is 26.4 Å². The van der Waals surface area contributed by atoms with E-state index in [1.165, 1.54) is 0 Å². The molecule has 1 heterocycles. The molecule has 1 aliphatic rings. The Morgan fingerprint density at radius 1 is 1.12 bits per heavy atom. The summed E-state index contributed by atoms with van der Waals surface area (Å²) in [6, 6.07) is 7.76. The number of methoxy groups -OCH3 is 1. The smallest absolute Gasteiger partial charge is 0.120 e. The molecule has 1 saturated heterocycles. The van der Waals surface area contributed by atoms with Crippen LogP contribution in [0.5, 0.6) is 11.5 Å². The SMILES string of the molecule is CC.COc1ccc(OC2CCN(C)C2)cc1. The van der Waals surface area contributed by atoms with Crippen molar-refractivity contribution >= 4 is 0 Å². The van der Waals surface area contributed by atoms with E-state index in [1.54, 1.807) is 7.11 Å². The van der Waals surface area contributed by atoms with E-state index >= 15 is 0 Å². The second-order valence-corrected chi connectivity index (χ2v) is 3.97. The highest BCUT2D eigenvalue weighted by atomic mass is 16.5. The van der Waals surface area contributed by atoms with Gasteiger partial charge in [-0.05, 0) is 37.7 Å². The van der Waals surface area contributed by atoms with Crippen molar-refractivity contribution in [3.8, 4) is 11.5 Å². The first-order chi connectivity index (χ1) is 8.28. The number of benzene rings is 1. The number of hydrogen-bond donors (Lipinski definition) is 0. The highest BCUT2D eigenvalue weighted by Crippen LogP contribution is 2.20. The monoisotopic (exact) mass is 237 g/mol. The average molecular weight is 237 g/mol. The minimum atomic E-state index is 0.336. The van der Waals surface area contributed by atoms with E-state index in [1.807, 2.05) is 38.1 Å². The van der Waals surface area contributed by atoms with Crippen LogP contribution < -0.4 is 9.47 Å². The predicted octanol–water partition coefficient (Wildman–Crippen LogP) is 2.80. The lowest BCUT2D eigenvalue weighted by Gasteiger charge is -2.13. The summed E-state index contributed by atoms with van der Waals surface area (Å²) in [5.41, 5.74) is 0. The topological polar surface area (TPSA) is 21.7 Å². The van der Waals surface area contributed by atoms with Gasteiger partial charge in [0, 0.05) is 13.1 Å². The molecule has 0 amide bonds. The third kappa shape index (κ3) is 4.27. The van der Waals surface area contributed by atoms with E-state index < -0.39 is 0 Å². The molecule has 0 radical (unpaired) electrons. The zero-order chi connectivity index (χ0) is 12.7. The van der Waals surface area contributed by atoms with Gasteiger partial charge >= 0.3 is 0 Å². The summed E-state index contributed by atoms with van der Waals surface area (Å²) in [6.45, 7) is 6.15. The summed E-state index contributed by atoms with van der Waals surface area (Å²) in [5.74, 6) is 1.79. The Hall–Kier alpha value is -1.22. The molecule has 1 atom stereocenters. The lowest BCUT2D eigenvalue weighted by atomic mass is 10.3. The molecule has 96 valence electrons. The molecular weight excluding hydrogens is 214 g/mol. The fourth-order valence-corrected chi connectivity index (χ4v) is 1.84. The van der Waals surface area contributed by atoms with Gasteiger partial charge in [0.05, 0.1) is 7.11 Å². The van der Waals surface area contributed by atoms with Gasteiger partial charge in [-0.25, -0.2) is 0 Å². The fraction of sp³-hybridized carbons (Fsp3) is 0.571. The van der Waals surface area contributed by atoms with Crippen LogP contribution in [0.4, 0.5) is 0 Å². The van der Waals surface area contributed by atoms with Crippen molar-refractivity contribution in [3.63, 3.8) is 0 Å². The summed E-state index contributed by atoms with van der Waals surface area (Å²) in [5, 5.41) is 0. The van der Waals surface area contributed by atoms with Gasteiger partial charge in [-0.2, -0.15) is 0 Å². The van der Waals surface area contributed by atoms with Crippen molar-refractivity contribution < 1.29 is 9.47 Å². The molecule has 0 saturated carbocycles. The molecule has 3 nitrogen and oxygen atoms in total. The van der Waals surface area contributed by atoms with Crippen LogP contribution in [0.1, 0.15) is 20.3 Å². The molecule has 1 aromatic carbocycles. The van der Waals surface area contributed by atoms with E-state index in [-0.39, 0.29) is 0 Å². The number of rotatable bonds is 3. The molecule has 0 N–H and O–H groups in total. The molecule has 0 spiro atoms. The van der Waals surface area contributed by atoms with E-state index in [2.05, 4.69) is 11.9 Å². The minimum absolute atomic E-state index is 0.336. The highest BCUT2D eigenvalue weighted by Gasteiger charge is 2.20. The largest absolute Gasteiger partial charge is 0.497 e.